The topological polar surface area (TPSA) is 66.4 Å². The molecule has 1 aromatic rings. The number of hydrogen-bond donors (Lipinski definition) is 0. The summed E-state index contributed by atoms with van der Waals surface area (Å²) in [7, 11) is -4.48. The molecular formula is C25H43NaO4S. The molecule has 0 fully saturated rings. The molecule has 0 aromatic heterocycles. The van der Waals surface area contributed by atoms with Gasteiger partial charge in [0, 0.05) is 0 Å². The van der Waals surface area contributed by atoms with Crippen molar-refractivity contribution in [3.63, 3.8) is 0 Å². The van der Waals surface area contributed by atoms with Gasteiger partial charge >= 0.3 is 29.6 Å². The quantitative estimate of drug-likeness (QED) is 0.187. The molecule has 0 spiro atoms. The van der Waals surface area contributed by atoms with Crippen LogP contribution < -0.4 is 34.3 Å². The Hall–Kier alpha value is -0.0700. The van der Waals surface area contributed by atoms with Gasteiger partial charge < -0.3 is 9.29 Å². The van der Waals surface area contributed by atoms with E-state index in [1.54, 1.807) is 6.92 Å². The summed E-state index contributed by atoms with van der Waals surface area (Å²) in [5.41, 5.74) is 0.856. The van der Waals surface area contributed by atoms with Crippen LogP contribution in [0.2, 0.25) is 0 Å². The van der Waals surface area contributed by atoms with Crippen molar-refractivity contribution in [1.29, 1.82) is 0 Å². The summed E-state index contributed by atoms with van der Waals surface area (Å²) in [6.07, 6.45) is 16.6. The number of rotatable bonds is 18. The first-order valence-electron chi connectivity index (χ1n) is 12.2. The summed E-state index contributed by atoms with van der Waals surface area (Å²) in [6.45, 7) is 6.11. The number of ether oxygens (including phenoxy) is 1. The Morgan fingerprint density at radius 2 is 1.32 bits per heavy atom. The van der Waals surface area contributed by atoms with E-state index in [0.29, 0.717) is 5.75 Å². The van der Waals surface area contributed by atoms with Crippen molar-refractivity contribution in [2.45, 2.75) is 123 Å². The SMILES string of the molecule is CCCCCCCCc1ccc(CCCCCCCC)c(OC(CC)S(=O)(=O)[O-])c1.[Na+]. The molecule has 0 amide bonds. The van der Waals surface area contributed by atoms with Gasteiger partial charge in [-0.1, -0.05) is 97.1 Å². The molecule has 174 valence electrons. The average molecular weight is 463 g/mol. The van der Waals surface area contributed by atoms with E-state index < -0.39 is 15.6 Å². The van der Waals surface area contributed by atoms with Crippen molar-refractivity contribution < 1.29 is 47.3 Å². The van der Waals surface area contributed by atoms with Crippen molar-refractivity contribution in [3.05, 3.63) is 29.3 Å². The largest absolute Gasteiger partial charge is 1.00 e. The Balaban J connectivity index is 0.00000900. The molecule has 0 saturated carbocycles. The van der Waals surface area contributed by atoms with Gasteiger partial charge in [0.15, 0.2) is 5.44 Å². The van der Waals surface area contributed by atoms with E-state index in [0.717, 1.165) is 43.2 Å². The summed E-state index contributed by atoms with van der Waals surface area (Å²) < 4.78 is 40.4. The van der Waals surface area contributed by atoms with Crippen molar-refractivity contribution in [2.24, 2.45) is 0 Å². The summed E-state index contributed by atoms with van der Waals surface area (Å²) in [6, 6.07) is 6.17. The Kier molecular flexibility index (Phi) is 18.3. The zero-order valence-electron chi connectivity index (χ0n) is 20.5. The van der Waals surface area contributed by atoms with Crippen LogP contribution in [-0.4, -0.2) is 18.4 Å². The molecule has 0 aliphatic rings. The van der Waals surface area contributed by atoms with Crippen LogP contribution in [0.4, 0.5) is 0 Å². The fourth-order valence-electron chi connectivity index (χ4n) is 3.76. The van der Waals surface area contributed by atoms with Crippen molar-refractivity contribution in [3.8, 4) is 5.75 Å². The Morgan fingerprint density at radius 3 is 1.84 bits per heavy atom. The van der Waals surface area contributed by atoms with Gasteiger partial charge in [0.25, 0.3) is 0 Å². The van der Waals surface area contributed by atoms with Gasteiger partial charge in [0.2, 0.25) is 0 Å². The summed E-state index contributed by atoms with van der Waals surface area (Å²) >= 11 is 0. The third-order valence-electron chi connectivity index (χ3n) is 5.66. The van der Waals surface area contributed by atoms with E-state index in [9.17, 15) is 13.0 Å². The zero-order valence-corrected chi connectivity index (χ0v) is 23.3. The summed E-state index contributed by atoms with van der Waals surface area (Å²) in [5.74, 6) is 0.582. The van der Waals surface area contributed by atoms with Crippen molar-refractivity contribution in [1.82, 2.24) is 0 Å². The molecule has 4 nitrogen and oxygen atoms in total. The second-order valence-electron chi connectivity index (χ2n) is 8.43. The Bertz CT molecular complexity index is 676. The van der Waals surface area contributed by atoms with Gasteiger partial charge in [-0.25, -0.2) is 8.42 Å². The molecular weight excluding hydrogens is 419 g/mol. The maximum Gasteiger partial charge on any atom is 1.00 e. The number of aryl methyl sites for hydroxylation is 2. The number of hydrogen-bond acceptors (Lipinski definition) is 4. The fraction of sp³-hybridized carbons (Fsp3) is 0.760. The third kappa shape index (κ3) is 13.9. The van der Waals surface area contributed by atoms with Crippen LogP contribution in [0.5, 0.6) is 5.75 Å². The van der Waals surface area contributed by atoms with Crippen LogP contribution >= 0.6 is 0 Å². The van der Waals surface area contributed by atoms with E-state index in [4.69, 9.17) is 4.74 Å². The Morgan fingerprint density at radius 1 is 0.806 bits per heavy atom. The average Bonchev–Trinajstić information content (AvgIpc) is 2.71. The van der Waals surface area contributed by atoms with Gasteiger partial charge in [-0.3, -0.25) is 0 Å². The predicted molar refractivity (Wildman–Crippen MR) is 125 cm³/mol. The van der Waals surface area contributed by atoms with Gasteiger partial charge in [-0.05, 0) is 49.3 Å². The van der Waals surface area contributed by atoms with Crippen LogP contribution in [0.3, 0.4) is 0 Å². The molecule has 1 rings (SSSR count). The molecule has 0 bridgehead atoms. The molecule has 0 aliphatic heterocycles. The number of unbranched alkanes of at least 4 members (excludes halogenated alkanes) is 10. The third-order valence-corrected chi connectivity index (χ3v) is 6.74. The minimum atomic E-state index is -4.48. The second-order valence-corrected chi connectivity index (χ2v) is 9.94. The molecule has 0 N–H and O–H groups in total. The Labute approximate surface area is 214 Å². The maximum atomic E-state index is 11.5. The van der Waals surface area contributed by atoms with E-state index >= 15 is 0 Å². The first-order chi connectivity index (χ1) is 14.4. The van der Waals surface area contributed by atoms with Crippen LogP contribution in [-0.2, 0) is 23.0 Å². The van der Waals surface area contributed by atoms with Crippen LogP contribution in [0.1, 0.15) is 115 Å². The van der Waals surface area contributed by atoms with Crippen molar-refractivity contribution >= 4 is 10.1 Å². The van der Waals surface area contributed by atoms with Crippen LogP contribution in [0, 0.1) is 0 Å². The molecule has 31 heavy (non-hydrogen) atoms. The number of benzene rings is 1. The molecule has 1 unspecified atom stereocenters. The van der Waals surface area contributed by atoms with Gasteiger partial charge in [0.05, 0.1) is 0 Å². The van der Waals surface area contributed by atoms with Crippen LogP contribution in [0.25, 0.3) is 0 Å². The molecule has 0 heterocycles. The molecule has 0 aliphatic carbocycles. The zero-order chi connectivity index (χ0) is 22.2. The molecule has 1 atom stereocenters. The van der Waals surface area contributed by atoms with Gasteiger partial charge in [-0.2, -0.15) is 0 Å². The van der Waals surface area contributed by atoms with Gasteiger partial charge in [-0.15, -0.1) is 0 Å². The molecule has 0 radical (unpaired) electrons. The van der Waals surface area contributed by atoms with E-state index in [1.165, 1.54) is 57.8 Å². The van der Waals surface area contributed by atoms with Crippen molar-refractivity contribution in [2.75, 3.05) is 0 Å². The minimum absolute atomic E-state index is 0. The molecule has 6 heteroatoms. The van der Waals surface area contributed by atoms with E-state index in [-0.39, 0.29) is 36.0 Å². The van der Waals surface area contributed by atoms with Gasteiger partial charge in [0.1, 0.15) is 15.9 Å². The molecule has 1 aromatic carbocycles. The molecule has 0 saturated heterocycles. The second kappa shape index (κ2) is 18.4. The smallest absolute Gasteiger partial charge is 0.745 e. The normalized spacial score (nSPS) is 12.4. The summed E-state index contributed by atoms with van der Waals surface area (Å²) in [4.78, 5) is 0. The van der Waals surface area contributed by atoms with E-state index in [1.807, 2.05) is 6.07 Å². The monoisotopic (exact) mass is 462 g/mol. The van der Waals surface area contributed by atoms with Crippen LogP contribution in [0.15, 0.2) is 18.2 Å². The first kappa shape index (κ1) is 30.9. The predicted octanol–water partition coefficient (Wildman–Crippen LogP) is 4.16. The fourth-order valence-corrected chi connectivity index (χ4v) is 4.39. The first-order valence-corrected chi connectivity index (χ1v) is 13.6. The maximum absolute atomic E-state index is 11.5. The van der Waals surface area contributed by atoms with E-state index in [2.05, 4.69) is 26.0 Å². The minimum Gasteiger partial charge on any atom is -0.745 e. The standard InChI is InChI=1S/C25H44O4S.Na/c1-4-7-9-11-13-15-17-22-19-20-23(18-16-14-12-10-8-5-2)24(21-22)29-25(6-3)30(26,27)28;/h19-21,25H,4-18H2,1-3H3,(H,26,27,28);/q;+1/p-1. The summed E-state index contributed by atoms with van der Waals surface area (Å²) in [5, 5.41) is 0.